The van der Waals surface area contributed by atoms with Gasteiger partial charge in [0, 0.05) is 22.7 Å². The molecule has 0 aliphatic heterocycles. The zero-order valence-corrected chi connectivity index (χ0v) is 12.8. The highest BCUT2D eigenvalue weighted by atomic mass is 35.5. The van der Waals surface area contributed by atoms with Crippen molar-refractivity contribution in [1.82, 2.24) is 9.97 Å². The predicted molar refractivity (Wildman–Crippen MR) is 84.7 cm³/mol. The Morgan fingerprint density at radius 1 is 1.15 bits per heavy atom. The number of anilines is 2. The number of nitrogens with zero attached hydrogens (tertiary/aromatic N) is 2. The van der Waals surface area contributed by atoms with Crippen molar-refractivity contribution in [2.45, 2.75) is 19.9 Å². The van der Waals surface area contributed by atoms with Crippen LogP contribution in [0.1, 0.15) is 25.5 Å². The lowest BCUT2D eigenvalue weighted by atomic mass is 10.1. The molecule has 2 N–H and O–H groups in total. The van der Waals surface area contributed by atoms with Gasteiger partial charge in [0.05, 0.1) is 6.04 Å². The third-order valence-corrected chi connectivity index (χ3v) is 3.38. The Kier molecular flexibility index (Phi) is 5.04. The smallest absolute Gasteiger partial charge is 0.131 e. The van der Waals surface area contributed by atoms with Crippen molar-refractivity contribution in [2.75, 3.05) is 17.2 Å². The Hall–Kier alpha value is -1.52. The molecule has 4 nitrogen and oxygen atoms in total. The Labute approximate surface area is 128 Å². The highest BCUT2D eigenvalue weighted by Gasteiger charge is 2.11. The molecule has 2 aromatic rings. The summed E-state index contributed by atoms with van der Waals surface area (Å²) in [7, 11) is 0. The molecule has 0 aliphatic carbocycles. The van der Waals surface area contributed by atoms with E-state index in [1.807, 2.05) is 32.0 Å². The molecule has 0 radical (unpaired) electrons. The maximum absolute atomic E-state index is 6.20. The number of rotatable bonds is 5. The van der Waals surface area contributed by atoms with Crippen molar-refractivity contribution in [2.24, 2.45) is 0 Å². The summed E-state index contributed by atoms with van der Waals surface area (Å²) in [4.78, 5) is 8.34. The average Bonchev–Trinajstić information content (AvgIpc) is 2.39. The zero-order valence-electron chi connectivity index (χ0n) is 11.3. The van der Waals surface area contributed by atoms with E-state index in [-0.39, 0.29) is 6.04 Å². The minimum Gasteiger partial charge on any atom is -0.370 e. The second-order valence-electron chi connectivity index (χ2n) is 4.35. The van der Waals surface area contributed by atoms with Gasteiger partial charge in [-0.25, -0.2) is 9.97 Å². The van der Waals surface area contributed by atoms with Gasteiger partial charge in [0.1, 0.15) is 18.0 Å². The van der Waals surface area contributed by atoms with Gasteiger partial charge in [-0.1, -0.05) is 29.3 Å². The summed E-state index contributed by atoms with van der Waals surface area (Å²) in [6.07, 6.45) is 1.52. The third-order valence-electron chi connectivity index (χ3n) is 2.82. The van der Waals surface area contributed by atoms with Crippen LogP contribution in [0.4, 0.5) is 11.6 Å². The fraction of sp³-hybridized carbons (Fsp3) is 0.286. The van der Waals surface area contributed by atoms with E-state index in [9.17, 15) is 0 Å². The van der Waals surface area contributed by atoms with Crippen LogP contribution < -0.4 is 10.6 Å². The Morgan fingerprint density at radius 3 is 2.60 bits per heavy atom. The SMILES string of the molecule is CCNc1cc(NC(C)c2ccc(Cl)cc2Cl)ncn1. The van der Waals surface area contributed by atoms with Crippen LogP contribution in [0.3, 0.4) is 0 Å². The number of nitrogens with one attached hydrogen (secondary N) is 2. The number of halogens is 2. The molecule has 0 fully saturated rings. The minimum atomic E-state index is 0.0177. The first-order valence-electron chi connectivity index (χ1n) is 6.37. The van der Waals surface area contributed by atoms with E-state index < -0.39 is 0 Å². The highest BCUT2D eigenvalue weighted by Crippen LogP contribution is 2.28. The molecule has 1 atom stereocenters. The van der Waals surface area contributed by atoms with E-state index >= 15 is 0 Å². The summed E-state index contributed by atoms with van der Waals surface area (Å²) in [6, 6.07) is 7.36. The molecule has 0 saturated carbocycles. The van der Waals surface area contributed by atoms with Gasteiger partial charge >= 0.3 is 0 Å². The van der Waals surface area contributed by atoms with E-state index in [0.29, 0.717) is 10.0 Å². The lowest BCUT2D eigenvalue weighted by Gasteiger charge is -2.16. The van der Waals surface area contributed by atoms with Gasteiger partial charge in [-0.05, 0) is 31.5 Å². The number of hydrogen-bond acceptors (Lipinski definition) is 4. The largest absolute Gasteiger partial charge is 0.370 e. The molecule has 0 aliphatic rings. The van der Waals surface area contributed by atoms with Gasteiger partial charge in [0.15, 0.2) is 0 Å². The molecule has 0 saturated heterocycles. The Morgan fingerprint density at radius 2 is 1.90 bits per heavy atom. The molecule has 2 rings (SSSR count). The Balaban J connectivity index is 2.14. The molecule has 6 heteroatoms. The standard InChI is InChI=1S/C14H16Cl2N4/c1-3-17-13-7-14(19-8-18-13)20-9(2)11-5-4-10(15)6-12(11)16/h4-9H,3H2,1-2H3,(H2,17,18,19,20). The van der Waals surface area contributed by atoms with Crippen LogP contribution in [0.5, 0.6) is 0 Å². The lowest BCUT2D eigenvalue weighted by molar-refractivity contribution is 0.872. The van der Waals surface area contributed by atoms with Gasteiger partial charge in [-0.15, -0.1) is 0 Å². The summed E-state index contributed by atoms with van der Waals surface area (Å²) in [5, 5.41) is 7.71. The first-order chi connectivity index (χ1) is 9.60. The predicted octanol–water partition coefficient (Wildman–Crippen LogP) is 4.39. The number of benzene rings is 1. The van der Waals surface area contributed by atoms with Gasteiger partial charge in [0.25, 0.3) is 0 Å². The average molecular weight is 311 g/mol. The van der Waals surface area contributed by atoms with Gasteiger partial charge in [-0.2, -0.15) is 0 Å². The van der Waals surface area contributed by atoms with Gasteiger partial charge < -0.3 is 10.6 Å². The van der Waals surface area contributed by atoms with E-state index in [2.05, 4.69) is 20.6 Å². The summed E-state index contributed by atoms with van der Waals surface area (Å²) < 4.78 is 0. The van der Waals surface area contributed by atoms with Crippen LogP contribution in [0, 0.1) is 0 Å². The first-order valence-corrected chi connectivity index (χ1v) is 7.13. The van der Waals surface area contributed by atoms with Gasteiger partial charge in [-0.3, -0.25) is 0 Å². The minimum absolute atomic E-state index is 0.0177. The molecule has 1 heterocycles. The molecule has 0 spiro atoms. The maximum Gasteiger partial charge on any atom is 0.131 e. The summed E-state index contributed by atoms with van der Waals surface area (Å²) in [5.74, 6) is 1.54. The van der Waals surface area contributed by atoms with E-state index in [1.54, 1.807) is 6.07 Å². The first kappa shape index (κ1) is 14.9. The van der Waals surface area contributed by atoms with Crippen molar-refractivity contribution >= 4 is 34.8 Å². The second kappa shape index (κ2) is 6.77. The zero-order chi connectivity index (χ0) is 14.5. The number of aromatic nitrogens is 2. The molecule has 1 aromatic heterocycles. The monoisotopic (exact) mass is 310 g/mol. The fourth-order valence-electron chi connectivity index (χ4n) is 1.87. The summed E-state index contributed by atoms with van der Waals surface area (Å²) in [5.41, 5.74) is 0.972. The molecule has 0 amide bonds. The summed E-state index contributed by atoms with van der Waals surface area (Å²) >= 11 is 12.1. The van der Waals surface area contributed by atoms with Crippen LogP contribution in [0.15, 0.2) is 30.6 Å². The maximum atomic E-state index is 6.20. The molecule has 20 heavy (non-hydrogen) atoms. The fourth-order valence-corrected chi connectivity index (χ4v) is 2.44. The number of hydrogen-bond donors (Lipinski definition) is 2. The van der Waals surface area contributed by atoms with Crippen LogP contribution in [0.25, 0.3) is 0 Å². The van der Waals surface area contributed by atoms with Crippen molar-refractivity contribution in [1.29, 1.82) is 0 Å². The van der Waals surface area contributed by atoms with E-state index in [0.717, 1.165) is 23.7 Å². The molecular weight excluding hydrogens is 295 g/mol. The van der Waals surface area contributed by atoms with Crippen LogP contribution in [-0.2, 0) is 0 Å². The van der Waals surface area contributed by atoms with E-state index in [1.165, 1.54) is 6.33 Å². The molecule has 1 aromatic carbocycles. The molecule has 0 bridgehead atoms. The normalized spacial score (nSPS) is 12.0. The molecule has 1 unspecified atom stereocenters. The Bertz CT molecular complexity index is 589. The molecular formula is C14H16Cl2N4. The molecule has 106 valence electrons. The van der Waals surface area contributed by atoms with E-state index in [4.69, 9.17) is 23.2 Å². The van der Waals surface area contributed by atoms with Crippen molar-refractivity contribution in [3.05, 3.63) is 46.2 Å². The van der Waals surface area contributed by atoms with Crippen molar-refractivity contribution in [3.63, 3.8) is 0 Å². The third kappa shape index (κ3) is 3.74. The van der Waals surface area contributed by atoms with Crippen LogP contribution in [-0.4, -0.2) is 16.5 Å². The summed E-state index contributed by atoms with van der Waals surface area (Å²) in [6.45, 7) is 4.85. The quantitative estimate of drug-likeness (QED) is 0.860. The topological polar surface area (TPSA) is 49.8 Å². The lowest BCUT2D eigenvalue weighted by Crippen LogP contribution is -2.09. The van der Waals surface area contributed by atoms with Crippen LogP contribution >= 0.6 is 23.2 Å². The highest BCUT2D eigenvalue weighted by molar-refractivity contribution is 6.35. The van der Waals surface area contributed by atoms with Crippen molar-refractivity contribution in [3.8, 4) is 0 Å². The van der Waals surface area contributed by atoms with Gasteiger partial charge in [0.2, 0.25) is 0 Å². The van der Waals surface area contributed by atoms with Crippen LogP contribution in [0.2, 0.25) is 10.0 Å². The second-order valence-corrected chi connectivity index (χ2v) is 5.19. The van der Waals surface area contributed by atoms with Crippen molar-refractivity contribution < 1.29 is 0 Å².